The first-order chi connectivity index (χ1) is 17.7. The number of nitrogens with zero attached hydrogens (tertiary/aromatic N) is 1. The quantitative estimate of drug-likeness (QED) is 0.414. The van der Waals surface area contributed by atoms with Crippen molar-refractivity contribution in [1.82, 2.24) is 15.5 Å². The van der Waals surface area contributed by atoms with Crippen LogP contribution in [0.5, 0.6) is 0 Å². The van der Waals surface area contributed by atoms with Gasteiger partial charge < -0.3 is 25.0 Å². The van der Waals surface area contributed by atoms with Crippen molar-refractivity contribution >= 4 is 23.9 Å². The number of carbonyl (C=O) groups excluding carboxylic acids is 4. The normalized spacial score (nSPS) is 18.3. The average molecular weight is 532 g/mol. The van der Waals surface area contributed by atoms with E-state index in [4.69, 9.17) is 9.47 Å². The number of alkyl carbamates (subject to hydrolysis) is 1. The number of rotatable bonds is 11. The summed E-state index contributed by atoms with van der Waals surface area (Å²) in [6.07, 6.45) is 0.0952. The maximum atomic E-state index is 14.2. The van der Waals surface area contributed by atoms with Crippen LogP contribution in [-0.2, 0) is 23.9 Å². The van der Waals surface area contributed by atoms with Gasteiger partial charge in [0.05, 0.1) is 13.0 Å². The number of hydrogen-bond donors (Lipinski definition) is 2. The second-order valence-corrected chi connectivity index (χ2v) is 11.4. The third kappa shape index (κ3) is 8.46. The van der Waals surface area contributed by atoms with Gasteiger partial charge in [-0.15, -0.1) is 0 Å². The van der Waals surface area contributed by atoms with Crippen LogP contribution < -0.4 is 10.6 Å². The molecular formula is C29H45N3O6. The van der Waals surface area contributed by atoms with Gasteiger partial charge in [0.15, 0.2) is 0 Å². The largest absolute Gasteiger partial charge is 0.466 e. The SMILES string of the molecule is CCOC(=O)CCNC(=O)C(c1cccc(C)c1C)N(C(=O)C(NC(=O)OC(C)(C)C)C(C)C)C1CC1C. The summed E-state index contributed by atoms with van der Waals surface area (Å²) in [4.78, 5) is 54.1. The van der Waals surface area contributed by atoms with E-state index in [1.807, 2.05) is 52.8 Å². The van der Waals surface area contributed by atoms with E-state index in [1.54, 1.807) is 32.6 Å². The van der Waals surface area contributed by atoms with Crippen molar-refractivity contribution < 1.29 is 28.7 Å². The third-order valence-corrected chi connectivity index (χ3v) is 6.69. The minimum atomic E-state index is -0.929. The van der Waals surface area contributed by atoms with Gasteiger partial charge in [-0.1, -0.05) is 39.0 Å². The molecule has 2 N–H and O–H groups in total. The highest BCUT2D eigenvalue weighted by Gasteiger charge is 2.49. The molecule has 4 atom stereocenters. The van der Waals surface area contributed by atoms with Crippen LogP contribution in [0, 0.1) is 25.7 Å². The summed E-state index contributed by atoms with van der Waals surface area (Å²) in [7, 11) is 0. The summed E-state index contributed by atoms with van der Waals surface area (Å²) in [5.74, 6) is -1.17. The summed E-state index contributed by atoms with van der Waals surface area (Å²) in [6, 6.07) is 3.70. The van der Waals surface area contributed by atoms with Crippen LogP contribution in [0.1, 0.15) is 84.0 Å². The van der Waals surface area contributed by atoms with Gasteiger partial charge in [-0.2, -0.15) is 0 Å². The molecule has 1 aliphatic carbocycles. The van der Waals surface area contributed by atoms with E-state index in [2.05, 4.69) is 10.6 Å². The smallest absolute Gasteiger partial charge is 0.408 e. The van der Waals surface area contributed by atoms with Crippen LogP contribution in [0.3, 0.4) is 0 Å². The van der Waals surface area contributed by atoms with Gasteiger partial charge in [0.2, 0.25) is 11.8 Å². The fourth-order valence-corrected chi connectivity index (χ4v) is 4.39. The van der Waals surface area contributed by atoms with Crippen molar-refractivity contribution in [3.63, 3.8) is 0 Å². The lowest BCUT2D eigenvalue weighted by Gasteiger charge is -2.36. The van der Waals surface area contributed by atoms with Crippen LogP contribution in [-0.4, -0.2) is 59.6 Å². The first-order valence-electron chi connectivity index (χ1n) is 13.5. The van der Waals surface area contributed by atoms with Gasteiger partial charge in [-0.25, -0.2) is 4.79 Å². The Balaban J connectivity index is 2.47. The molecule has 1 aromatic carbocycles. The predicted molar refractivity (Wildman–Crippen MR) is 145 cm³/mol. The minimum Gasteiger partial charge on any atom is -0.466 e. The Hall–Kier alpha value is -3.10. The van der Waals surface area contributed by atoms with Crippen molar-refractivity contribution in [1.29, 1.82) is 0 Å². The average Bonchev–Trinajstić information content (AvgIpc) is 3.52. The summed E-state index contributed by atoms with van der Waals surface area (Å²) in [6.45, 7) is 17.0. The number of hydrogen-bond acceptors (Lipinski definition) is 6. The molecule has 2 rings (SSSR count). The van der Waals surface area contributed by atoms with Gasteiger partial charge in [0.25, 0.3) is 0 Å². The summed E-state index contributed by atoms with van der Waals surface area (Å²) >= 11 is 0. The summed E-state index contributed by atoms with van der Waals surface area (Å²) in [5, 5.41) is 5.59. The number of esters is 1. The molecule has 9 heteroatoms. The zero-order valence-corrected chi connectivity index (χ0v) is 24.3. The number of benzene rings is 1. The van der Waals surface area contributed by atoms with E-state index in [0.717, 1.165) is 17.5 Å². The number of ether oxygens (including phenoxy) is 2. The van der Waals surface area contributed by atoms with E-state index < -0.39 is 29.7 Å². The van der Waals surface area contributed by atoms with Crippen LogP contribution in [0.2, 0.25) is 0 Å². The van der Waals surface area contributed by atoms with Gasteiger partial charge in [0.1, 0.15) is 17.7 Å². The Morgan fingerprint density at radius 3 is 2.29 bits per heavy atom. The fraction of sp³-hybridized carbons (Fsp3) is 0.655. The van der Waals surface area contributed by atoms with E-state index in [0.29, 0.717) is 5.56 Å². The molecule has 0 radical (unpaired) electrons. The molecule has 1 fully saturated rings. The first-order valence-corrected chi connectivity index (χ1v) is 13.5. The zero-order chi connectivity index (χ0) is 28.8. The lowest BCUT2D eigenvalue weighted by atomic mass is 9.93. The van der Waals surface area contributed by atoms with Crippen molar-refractivity contribution in [2.24, 2.45) is 11.8 Å². The second kappa shape index (κ2) is 13.1. The van der Waals surface area contributed by atoms with Crippen molar-refractivity contribution in [3.8, 4) is 0 Å². The Morgan fingerprint density at radius 1 is 1.13 bits per heavy atom. The van der Waals surface area contributed by atoms with Crippen LogP contribution >= 0.6 is 0 Å². The van der Waals surface area contributed by atoms with Crippen LogP contribution in [0.15, 0.2) is 18.2 Å². The van der Waals surface area contributed by atoms with E-state index >= 15 is 0 Å². The Bertz CT molecular complexity index is 1020. The molecular weight excluding hydrogens is 486 g/mol. The Morgan fingerprint density at radius 2 is 1.76 bits per heavy atom. The molecule has 38 heavy (non-hydrogen) atoms. The van der Waals surface area contributed by atoms with E-state index in [1.165, 1.54) is 0 Å². The monoisotopic (exact) mass is 531 g/mol. The highest BCUT2D eigenvalue weighted by molar-refractivity contribution is 5.93. The maximum absolute atomic E-state index is 14.2. The molecule has 0 bridgehead atoms. The molecule has 0 aliphatic heterocycles. The third-order valence-electron chi connectivity index (χ3n) is 6.69. The zero-order valence-electron chi connectivity index (χ0n) is 24.3. The van der Waals surface area contributed by atoms with Gasteiger partial charge in [0, 0.05) is 12.6 Å². The Labute approximate surface area is 227 Å². The summed E-state index contributed by atoms with van der Waals surface area (Å²) < 4.78 is 10.4. The standard InChI is InChI=1S/C29H45N3O6/c1-10-37-23(33)14-15-30-26(34)25(21-13-11-12-18(4)20(21)6)32(22-16-19(22)5)27(35)24(17(2)3)31-28(36)38-29(7,8)9/h11-13,17,19,22,24-25H,10,14-16H2,1-9H3,(H,30,34)(H,31,36). The molecule has 0 aromatic heterocycles. The second-order valence-electron chi connectivity index (χ2n) is 11.4. The van der Waals surface area contributed by atoms with Gasteiger partial charge in [-0.3, -0.25) is 14.4 Å². The van der Waals surface area contributed by atoms with E-state index in [9.17, 15) is 19.2 Å². The summed E-state index contributed by atoms with van der Waals surface area (Å²) in [5.41, 5.74) is 1.89. The Kier molecular flexibility index (Phi) is 10.7. The number of nitrogens with one attached hydrogen (secondary N) is 2. The number of carbonyl (C=O) groups is 4. The molecule has 1 aromatic rings. The molecule has 3 amide bonds. The highest BCUT2D eigenvalue weighted by atomic mass is 16.6. The lowest BCUT2D eigenvalue weighted by Crippen LogP contribution is -2.56. The van der Waals surface area contributed by atoms with Crippen molar-refractivity contribution in [2.45, 2.75) is 98.9 Å². The topological polar surface area (TPSA) is 114 Å². The number of aryl methyl sites for hydroxylation is 1. The molecule has 0 spiro atoms. The van der Waals surface area contributed by atoms with Gasteiger partial charge >= 0.3 is 12.1 Å². The number of amides is 3. The fourth-order valence-electron chi connectivity index (χ4n) is 4.39. The maximum Gasteiger partial charge on any atom is 0.408 e. The highest BCUT2D eigenvalue weighted by Crippen LogP contribution is 2.41. The van der Waals surface area contributed by atoms with Crippen molar-refractivity contribution in [2.75, 3.05) is 13.2 Å². The molecule has 1 saturated carbocycles. The molecule has 212 valence electrons. The molecule has 0 heterocycles. The molecule has 9 nitrogen and oxygen atoms in total. The molecule has 4 unspecified atom stereocenters. The molecule has 0 saturated heterocycles. The van der Waals surface area contributed by atoms with Crippen LogP contribution in [0.4, 0.5) is 4.79 Å². The molecule has 1 aliphatic rings. The van der Waals surface area contributed by atoms with Crippen LogP contribution in [0.25, 0.3) is 0 Å². The lowest BCUT2D eigenvalue weighted by molar-refractivity contribution is -0.145. The minimum absolute atomic E-state index is 0.0295. The van der Waals surface area contributed by atoms with Gasteiger partial charge in [-0.05, 0) is 76.5 Å². The van der Waals surface area contributed by atoms with E-state index in [-0.39, 0.29) is 49.3 Å². The van der Waals surface area contributed by atoms with Crippen molar-refractivity contribution in [3.05, 3.63) is 34.9 Å². The first kappa shape index (κ1) is 31.1. The predicted octanol–water partition coefficient (Wildman–Crippen LogP) is 4.20.